The molecule has 0 saturated carbocycles. The molecular formula is C17H26N6O2. The molecule has 3 rings (SSSR count). The predicted molar refractivity (Wildman–Crippen MR) is 91.8 cm³/mol. The topological polar surface area (TPSA) is 99.9 Å². The van der Waals surface area contributed by atoms with Gasteiger partial charge in [-0.25, -0.2) is 0 Å². The van der Waals surface area contributed by atoms with E-state index in [2.05, 4.69) is 34.4 Å². The van der Waals surface area contributed by atoms with Crippen molar-refractivity contribution in [3.63, 3.8) is 0 Å². The van der Waals surface area contributed by atoms with Crippen molar-refractivity contribution < 1.29 is 9.90 Å². The summed E-state index contributed by atoms with van der Waals surface area (Å²) in [5, 5.41) is 25.8. The summed E-state index contributed by atoms with van der Waals surface area (Å²) in [5.41, 5.74) is 2.49. The molecule has 8 heteroatoms. The fourth-order valence-corrected chi connectivity index (χ4v) is 3.74. The highest BCUT2D eigenvalue weighted by Gasteiger charge is 2.39. The van der Waals surface area contributed by atoms with Crippen molar-refractivity contribution in [3.05, 3.63) is 28.8 Å². The second-order valence-electron chi connectivity index (χ2n) is 6.69. The maximum Gasteiger partial charge on any atom is 0.227 e. The second-order valence-corrected chi connectivity index (χ2v) is 6.69. The Hall–Kier alpha value is -2.22. The van der Waals surface area contributed by atoms with E-state index in [-0.39, 0.29) is 12.5 Å². The number of nitrogens with zero attached hydrogens (tertiary/aromatic N) is 5. The number of hydrogen-bond acceptors (Lipinski definition) is 5. The van der Waals surface area contributed by atoms with E-state index in [4.69, 9.17) is 0 Å². The van der Waals surface area contributed by atoms with Gasteiger partial charge in [0, 0.05) is 24.8 Å². The number of hydrogen-bond donors (Lipinski definition) is 2. The molecule has 1 amide bonds. The van der Waals surface area contributed by atoms with Gasteiger partial charge in [-0.05, 0) is 25.7 Å². The van der Waals surface area contributed by atoms with Crippen LogP contribution < -0.4 is 0 Å². The van der Waals surface area contributed by atoms with Crippen LogP contribution in [0.2, 0.25) is 0 Å². The summed E-state index contributed by atoms with van der Waals surface area (Å²) in [4.78, 5) is 14.6. The van der Waals surface area contributed by atoms with Gasteiger partial charge in [-0.2, -0.15) is 20.5 Å². The number of aryl methyl sites for hydroxylation is 2. The highest BCUT2D eigenvalue weighted by molar-refractivity contribution is 5.79. The number of nitrogens with one attached hydrogen (secondary N) is 1. The average Bonchev–Trinajstić information content (AvgIpc) is 3.23. The summed E-state index contributed by atoms with van der Waals surface area (Å²) in [6.45, 7) is 5.04. The Kier molecular flexibility index (Phi) is 4.89. The number of likely N-dealkylation sites (tertiary alicyclic amines) is 1. The summed E-state index contributed by atoms with van der Waals surface area (Å²) in [7, 11) is 1.93. The monoisotopic (exact) mass is 346 g/mol. The first-order chi connectivity index (χ1) is 12.0. The summed E-state index contributed by atoms with van der Waals surface area (Å²) in [6, 6.07) is 0. The summed E-state index contributed by atoms with van der Waals surface area (Å²) >= 11 is 0. The Morgan fingerprint density at radius 2 is 2.20 bits per heavy atom. The van der Waals surface area contributed by atoms with Gasteiger partial charge in [0.1, 0.15) is 11.3 Å². The van der Waals surface area contributed by atoms with E-state index >= 15 is 0 Å². The third kappa shape index (κ3) is 3.30. The summed E-state index contributed by atoms with van der Waals surface area (Å²) in [5.74, 6) is 0.0269. The maximum absolute atomic E-state index is 12.9. The van der Waals surface area contributed by atoms with Crippen molar-refractivity contribution in [2.24, 2.45) is 7.05 Å². The molecule has 0 radical (unpaired) electrons. The summed E-state index contributed by atoms with van der Waals surface area (Å²) in [6.07, 6.45) is 4.82. The lowest BCUT2D eigenvalue weighted by molar-refractivity contribution is -0.138. The lowest BCUT2D eigenvalue weighted by atomic mass is 9.89. The third-order valence-electron chi connectivity index (χ3n) is 5.07. The van der Waals surface area contributed by atoms with E-state index in [0.29, 0.717) is 25.1 Å². The van der Waals surface area contributed by atoms with Crippen LogP contribution in [0.5, 0.6) is 0 Å². The number of carbonyl (C=O) groups excluding carboxylic acids is 1. The zero-order chi connectivity index (χ0) is 18.0. The number of H-pyrrole nitrogens is 1. The zero-order valence-corrected chi connectivity index (χ0v) is 15.1. The predicted octanol–water partition coefficient (Wildman–Crippen LogP) is 0.716. The molecule has 1 aliphatic heterocycles. The molecule has 0 bridgehead atoms. The molecule has 1 fully saturated rings. The fraction of sp³-hybridized carbons (Fsp3) is 0.647. The minimum absolute atomic E-state index is 0.0269. The number of rotatable bonds is 5. The molecule has 136 valence electrons. The largest absolute Gasteiger partial charge is 0.382 e. The molecule has 8 nitrogen and oxygen atoms in total. The standard InChI is InChI=1S/C17H26N6O2/c1-4-13-12(14(5-2)22(3)20-13)9-16(24)23-8-6-7-17(25,11-23)15-10-18-21-19-15/h10,25H,4-9,11H2,1-3H3,(H,18,19,21)/t17-/m0/s1. The molecule has 0 aliphatic carbocycles. The minimum Gasteiger partial charge on any atom is -0.382 e. The number of aliphatic hydroxyl groups is 1. The number of aromatic nitrogens is 5. The quantitative estimate of drug-likeness (QED) is 0.831. The van der Waals surface area contributed by atoms with Crippen molar-refractivity contribution in [1.82, 2.24) is 30.1 Å². The third-order valence-corrected chi connectivity index (χ3v) is 5.07. The minimum atomic E-state index is -1.13. The van der Waals surface area contributed by atoms with Crippen molar-refractivity contribution >= 4 is 5.91 Å². The molecular weight excluding hydrogens is 320 g/mol. The number of carbonyl (C=O) groups is 1. The van der Waals surface area contributed by atoms with E-state index in [1.807, 2.05) is 11.7 Å². The number of piperidine rings is 1. The van der Waals surface area contributed by atoms with Crippen molar-refractivity contribution in [1.29, 1.82) is 0 Å². The van der Waals surface area contributed by atoms with Crippen LogP contribution in [0.25, 0.3) is 0 Å². The first-order valence-electron chi connectivity index (χ1n) is 8.88. The molecule has 3 heterocycles. The van der Waals surface area contributed by atoms with Gasteiger partial charge < -0.3 is 10.0 Å². The second kappa shape index (κ2) is 6.95. The van der Waals surface area contributed by atoms with Crippen molar-refractivity contribution in [2.75, 3.05) is 13.1 Å². The van der Waals surface area contributed by atoms with E-state index in [1.165, 1.54) is 6.20 Å². The normalized spacial score (nSPS) is 20.9. The van der Waals surface area contributed by atoms with Crippen LogP contribution in [0.15, 0.2) is 6.20 Å². The lowest BCUT2D eigenvalue weighted by Crippen LogP contribution is -2.49. The lowest BCUT2D eigenvalue weighted by Gasteiger charge is -2.38. The molecule has 2 N–H and O–H groups in total. The first-order valence-corrected chi connectivity index (χ1v) is 8.88. The van der Waals surface area contributed by atoms with Gasteiger partial charge in [-0.15, -0.1) is 0 Å². The Labute approximate surface area is 147 Å². The van der Waals surface area contributed by atoms with Crippen LogP contribution in [0.4, 0.5) is 0 Å². The summed E-state index contributed by atoms with van der Waals surface area (Å²) < 4.78 is 1.88. The van der Waals surface area contributed by atoms with Gasteiger partial charge in [-0.3, -0.25) is 9.48 Å². The van der Waals surface area contributed by atoms with Gasteiger partial charge >= 0.3 is 0 Å². The smallest absolute Gasteiger partial charge is 0.227 e. The Morgan fingerprint density at radius 3 is 2.84 bits per heavy atom. The van der Waals surface area contributed by atoms with Gasteiger partial charge in [0.05, 0.1) is 24.9 Å². The van der Waals surface area contributed by atoms with Crippen LogP contribution in [0.1, 0.15) is 49.3 Å². The zero-order valence-electron chi connectivity index (χ0n) is 15.1. The molecule has 0 unspecified atom stereocenters. The first kappa shape index (κ1) is 17.6. The molecule has 0 aromatic carbocycles. The number of aromatic amines is 1. The van der Waals surface area contributed by atoms with Gasteiger partial charge in [0.25, 0.3) is 0 Å². The van der Waals surface area contributed by atoms with E-state index in [0.717, 1.165) is 36.2 Å². The van der Waals surface area contributed by atoms with Gasteiger partial charge in [-0.1, -0.05) is 13.8 Å². The molecule has 0 spiro atoms. The molecule has 1 saturated heterocycles. The van der Waals surface area contributed by atoms with Crippen molar-refractivity contribution in [3.8, 4) is 0 Å². The molecule has 25 heavy (non-hydrogen) atoms. The van der Waals surface area contributed by atoms with Crippen LogP contribution >= 0.6 is 0 Å². The Bertz CT molecular complexity index is 739. The highest BCUT2D eigenvalue weighted by Crippen LogP contribution is 2.30. The number of amides is 1. The fourth-order valence-electron chi connectivity index (χ4n) is 3.74. The van der Waals surface area contributed by atoms with Crippen LogP contribution in [0, 0.1) is 0 Å². The highest BCUT2D eigenvalue weighted by atomic mass is 16.3. The molecule has 2 aromatic rings. The molecule has 2 aromatic heterocycles. The van der Waals surface area contributed by atoms with Crippen LogP contribution in [-0.4, -0.2) is 54.2 Å². The number of β-amino-alcohol motifs (C(OH)–C–C–N with tert-alkyl or cyclic N) is 1. The van der Waals surface area contributed by atoms with E-state index in [9.17, 15) is 9.90 Å². The van der Waals surface area contributed by atoms with Crippen LogP contribution in [0.3, 0.4) is 0 Å². The molecule has 1 aliphatic rings. The average molecular weight is 346 g/mol. The van der Waals surface area contributed by atoms with Crippen LogP contribution in [-0.2, 0) is 36.7 Å². The van der Waals surface area contributed by atoms with Crippen molar-refractivity contribution in [2.45, 2.75) is 51.6 Å². The van der Waals surface area contributed by atoms with Gasteiger partial charge in [0.15, 0.2) is 0 Å². The molecule has 1 atom stereocenters. The maximum atomic E-state index is 12.9. The Morgan fingerprint density at radius 1 is 1.40 bits per heavy atom. The SMILES string of the molecule is CCc1nn(C)c(CC)c1CC(=O)N1CCC[C@@](O)(c2cn[nH]n2)C1. The van der Waals surface area contributed by atoms with E-state index in [1.54, 1.807) is 4.90 Å². The van der Waals surface area contributed by atoms with E-state index < -0.39 is 5.60 Å². The Balaban J connectivity index is 1.78. The van der Waals surface area contributed by atoms with Gasteiger partial charge in [0.2, 0.25) is 5.91 Å².